The molecule has 0 atom stereocenters. The van der Waals surface area contributed by atoms with Gasteiger partial charge in [0.25, 0.3) is 5.69 Å². The Bertz CT molecular complexity index is 690. The maximum atomic E-state index is 13.8. The van der Waals surface area contributed by atoms with Gasteiger partial charge in [-0.05, 0) is 24.3 Å². The van der Waals surface area contributed by atoms with E-state index < -0.39 is 16.7 Å². The molecule has 0 aliphatic heterocycles. The molecule has 0 saturated heterocycles. The lowest BCUT2D eigenvalue weighted by Gasteiger charge is -2.05. The Morgan fingerprint density at radius 1 is 1.20 bits per heavy atom. The van der Waals surface area contributed by atoms with E-state index in [2.05, 4.69) is 0 Å². The lowest BCUT2D eigenvalue weighted by molar-refractivity contribution is -0.387. The van der Waals surface area contributed by atoms with E-state index in [1.54, 1.807) is 6.07 Å². The third-order valence-electron chi connectivity index (χ3n) is 2.46. The van der Waals surface area contributed by atoms with Crippen molar-refractivity contribution in [1.82, 2.24) is 0 Å². The molecule has 2 aromatic rings. The quantitative estimate of drug-likeness (QED) is 0.688. The number of benzene rings is 2. The molecule has 0 fully saturated rings. The van der Waals surface area contributed by atoms with Gasteiger partial charge in [0, 0.05) is 11.0 Å². The molecule has 5 nitrogen and oxygen atoms in total. The molecule has 0 aromatic heterocycles. The summed E-state index contributed by atoms with van der Waals surface area (Å²) in [6.07, 6.45) is 0. The van der Waals surface area contributed by atoms with Gasteiger partial charge >= 0.3 is 5.97 Å². The molecule has 0 aliphatic rings. The van der Waals surface area contributed by atoms with Gasteiger partial charge in [-0.3, -0.25) is 10.1 Å². The zero-order valence-electron chi connectivity index (χ0n) is 9.95. The summed E-state index contributed by atoms with van der Waals surface area (Å²) in [5.41, 5.74) is -0.298. The minimum absolute atomic E-state index is 0.126. The lowest BCUT2D eigenvalue weighted by atomic mass is 10.2. The highest BCUT2D eigenvalue weighted by Gasteiger charge is 2.16. The van der Waals surface area contributed by atoms with Crippen molar-refractivity contribution in [3.05, 3.63) is 64.0 Å². The van der Waals surface area contributed by atoms with E-state index in [1.807, 2.05) is 0 Å². The number of carboxylic acids is 1. The van der Waals surface area contributed by atoms with E-state index in [0.29, 0.717) is 4.90 Å². The summed E-state index contributed by atoms with van der Waals surface area (Å²) in [5, 5.41) is 19.6. The molecule has 20 heavy (non-hydrogen) atoms. The van der Waals surface area contributed by atoms with Crippen LogP contribution in [0.1, 0.15) is 10.4 Å². The van der Waals surface area contributed by atoms with Gasteiger partial charge in [-0.2, -0.15) is 0 Å². The van der Waals surface area contributed by atoms with Crippen molar-refractivity contribution in [3.8, 4) is 0 Å². The molecular weight excluding hydrogens is 285 g/mol. The van der Waals surface area contributed by atoms with Crippen molar-refractivity contribution >= 4 is 23.4 Å². The fourth-order valence-corrected chi connectivity index (χ4v) is 2.45. The second-order valence-corrected chi connectivity index (χ2v) is 4.86. The molecule has 0 unspecified atom stereocenters. The fourth-order valence-electron chi connectivity index (χ4n) is 1.53. The number of hydrogen-bond acceptors (Lipinski definition) is 4. The molecule has 1 N–H and O–H groups in total. The van der Waals surface area contributed by atoms with Crippen LogP contribution < -0.4 is 0 Å². The Hall–Kier alpha value is -2.41. The van der Waals surface area contributed by atoms with E-state index >= 15 is 0 Å². The monoisotopic (exact) mass is 293 g/mol. The average molecular weight is 293 g/mol. The molecule has 0 bridgehead atoms. The first-order chi connectivity index (χ1) is 9.49. The zero-order chi connectivity index (χ0) is 14.7. The van der Waals surface area contributed by atoms with Crippen LogP contribution in [0.5, 0.6) is 0 Å². The highest BCUT2D eigenvalue weighted by Crippen LogP contribution is 2.35. The van der Waals surface area contributed by atoms with Gasteiger partial charge in [-0.1, -0.05) is 23.9 Å². The number of rotatable bonds is 4. The number of halogens is 1. The minimum Gasteiger partial charge on any atom is -0.478 e. The Labute approximate surface area is 117 Å². The first-order valence-electron chi connectivity index (χ1n) is 5.43. The number of aromatic carboxylic acids is 1. The predicted octanol–water partition coefficient (Wildman–Crippen LogP) is 3.58. The van der Waals surface area contributed by atoms with E-state index in [9.17, 15) is 19.3 Å². The molecule has 2 aromatic carbocycles. The lowest BCUT2D eigenvalue weighted by Crippen LogP contribution is -1.97. The van der Waals surface area contributed by atoms with Gasteiger partial charge in [0.15, 0.2) is 0 Å². The summed E-state index contributed by atoms with van der Waals surface area (Å²) < 4.78 is 13.8. The van der Waals surface area contributed by atoms with Crippen molar-refractivity contribution in [2.75, 3.05) is 0 Å². The van der Waals surface area contributed by atoms with Gasteiger partial charge in [0.2, 0.25) is 0 Å². The van der Waals surface area contributed by atoms with Crippen LogP contribution in [0.25, 0.3) is 0 Å². The van der Waals surface area contributed by atoms with Gasteiger partial charge in [-0.25, -0.2) is 9.18 Å². The van der Waals surface area contributed by atoms with Crippen LogP contribution in [0.4, 0.5) is 10.1 Å². The summed E-state index contributed by atoms with van der Waals surface area (Å²) in [4.78, 5) is 21.4. The number of nitrogens with zero attached hydrogens (tertiary/aromatic N) is 1. The van der Waals surface area contributed by atoms with Crippen molar-refractivity contribution in [2.45, 2.75) is 9.79 Å². The third kappa shape index (κ3) is 2.94. The van der Waals surface area contributed by atoms with Crippen molar-refractivity contribution < 1.29 is 19.2 Å². The van der Waals surface area contributed by atoms with Gasteiger partial charge in [0.05, 0.1) is 15.4 Å². The number of hydrogen-bond donors (Lipinski definition) is 1. The molecule has 0 radical (unpaired) electrons. The van der Waals surface area contributed by atoms with Crippen LogP contribution in [0.3, 0.4) is 0 Å². The average Bonchev–Trinajstić information content (AvgIpc) is 2.41. The van der Waals surface area contributed by atoms with Gasteiger partial charge in [-0.15, -0.1) is 0 Å². The smallest absolute Gasteiger partial charge is 0.335 e. The minimum atomic E-state index is -1.23. The third-order valence-corrected chi connectivity index (χ3v) is 3.58. The highest BCUT2D eigenvalue weighted by molar-refractivity contribution is 7.99. The summed E-state index contributed by atoms with van der Waals surface area (Å²) in [5.74, 6) is -1.96. The fraction of sp³-hybridized carbons (Fsp3) is 0. The van der Waals surface area contributed by atoms with E-state index in [0.717, 1.165) is 17.8 Å². The zero-order valence-corrected chi connectivity index (χ0v) is 10.8. The number of carboxylic acid groups (broad SMARTS) is 1. The van der Waals surface area contributed by atoms with Gasteiger partial charge < -0.3 is 5.11 Å². The van der Waals surface area contributed by atoms with E-state index in [4.69, 9.17) is 5.11 Å². The van der Waals surface area contributed by atoms with E-state index in [1.165, 1.54) is 30.3 Å². The van der Waals surface area contributed by atoms with Crippen LogP contribution in [0.2, 0.25) is 0 Å². The first kappa shape index (κ1) is 14.0. The first-order valence-corrected chi connectivity index (χ1v) is 6.25. The molecule has 0 saturated carbocycles. The van der Waals surface area contributed by atoms with Crippen LogP contribution in [-0.2, 0) is 0 Å². The molecule has 102 valence electrons. The summed E-state index contributed by atoms with van der Waals surface area (Å²) >= 11 is 0.880. The normalized spacial score (nSPS) is 10.2. The second-order valence-electron chi connectivity index (χ2n) is 3.78. The number of carbonyl (C=O) groups is 1. The Kier molecular flexibility index (Phi) is 3.99. The molecule has 0 spiro atoms. The van der Waals surface area contributed by atoms with Crippen molar-refractivity contribution in [3.63, 3.8) is 0 Å². The number of nitro benzene ring substituents is 1. The van der Waals surface area contributed by atoms with Crippen molar-refractivity contribution in [2.24, 2.45) is 0 Å². The molecule has 7 heteroatoms. The van der Waals surface area contributed by atoms with Crippen molar-refractivity contribution in [1.29, 1.82) is 0 Å². The Balaban J connectivity index is 2.36. The number of para-hydroxylation sites is 1. The standard InChI is InChI=1S/C13H8FNO4S/c14-9-7-8(13(16)17)5-6-11(9)20-12-4-2-1-3-10(12)15(18)19/h1-7H,(H,16,17). The molecule has 0 aliphatic carbocycles. The number of nitro groups is 1. The van der Waals surface area contributed by atoms with Crippen LogP contribution in [0, 0.1) is 15.9 Å². The molecule has 0 heterocycles. The van der Waals surface area contributed by atoms with Crippen LogP contribution in [-0.4, -0.2) is 16.0 Å². The Morgan fingerprint density at radius 3 is 2.50 bits per heavy atom. The molecule has 2 rings (SSSR count). The highest BCUT2D eigenvalue weighted by atomic mass is 32.2. The maximum absolute atomic E-state index is 13.8. The summed E-state index contributed by atoms with van der Waals surface area (Å²) in [7, 11) is 0. The maximum Gasteiger partial charge on any atom is 0.335 e. The van der Waals surface area contributed by atoms with Gasteiger partial charge in [0.1, 0.15) is 5.82 Å². The van der Waals surface area contributed by atoms with Crippen LogP contribution >= 0.6 is 11.8 Å². The SMILES string of the molecule is O=C(O)c1ccc(Sc2ccccc2[N+](=O)[O-])c(F)c1. The Morgan fingerprint density at radius 2 is 1.90 bits per heavy atom. The predicted molar refractivity (Wildman–Crippen MR) is 70.6 cm³/mol. The largest absolute Gasteiger partial charge is 0.478 e. The summed E-state index contributed by atoms with van der Waals surface area (Å²) in [6.45, 7) is 0. The second kappa shape index (κ2) is 5.70. The molecule has 0 amide bonds. The van der Waals surface area contributed by atoms with Crippen LogP contribution in [0.15, 0.2) is 52.3 Å². The molecular formula is C13H8FNO4S. The topological polar surface area (TPSA) is 80.4 Å². The van der Waals surface area contributed by atoms with E-state index in [-0.39, 0.29) is 16.1 Å². The summed E-state index contributed by atoms with van der Waals surface area (Å²) in [6, 6.07) is 9.40.